The van der Waals surface area contributed by atoms with Gasteiger partial charge in [0.2, 0.25) is 11.8 Å². The van der Waals surface area contributed by atoms with Gasteiger partial charge in [-0.05, 0) is 70.3 Å². The van der Waals surface area contributed by atoms with Crippen LogP contribution in [0.25, 0.3) is 0 Å². The molecule has 1 aromatic rings. The lowest BCUT2D eigenvalue weighted by Gasteiger charge is -2.23. The molecule has 136 valence electrons. The average molecular weight is 343 g/mol. The number of benzene rings is 1. The maximum atomic E-state index is 12.6. The highest BCUT2D eigenvalue weighted by Crippen LogP contribution is 2.28. The second-order valence-electron chi connectivity index (χ2n) is 7.36. The topological polar surface area (TPSA) is 61.4 Å². The van der Waals surface area contributed by atoms with Gasteiger partial charge in [0.15, 0.2) is 0 Å². The van der Waals surface area contributed by atoms with Gasteiger partial charge in [-0.3, -0.25) is 14.5 Å². The summed E-state index contributed by atoms with van der Waals surface area (Å²) in [4.78, 5) is 27.2. The van der Waals surface area contributed by atoms with E-state index in [0.29, 0.717) is 0 Å². The van der Waals surface area contributed by atoms with Crippen molar-refractivity contribution in [3.8, 4) is 0 Å². The van der Waals surface area contributed by atoms with E-state index in [1.807, 2.05) is 32.0 Å². The number of amides is 2. The highest BCUT2D eigenvalue weighted by molar-refractivity contribution is 5.98. The maximum Gasteiger partial charge on any atom is 0.241 e. The van der Waals surface area contributed by atoms with E-state index in [-0.39, 0.29) is 23.8 Å². The van der Waals surface area contributed by atoms with E-state index in [4.69, 9.17) is 0 Å². The SMILES string of the molecule is Cc1c(NC(=O)C2CCCC2)cccc1NC(=O)C(C)N1CCCC1. The lowest BCUT2D eigenvalue weighted by Crippen LogP contribution is -2.40. The van der Waals surface area contributed by atoms with Gasteiger partial charge in [0.05, 0.1) is 6.04 Å². The maximum absolute atomic E-state index is 12.6. The number of carbonyl (C=O) groups is 2. The Kier molecular flexibility index (Phi) is 5.74. The van der Waals surface area contributed by atoms with Crippen molar-refractivity contribution in [1.29, 1.82) is 0 Å². The number of anilines is 2. The Labute approximate surface area is 150 Å². The molecular formula is C20H29N3O2. The van der Waals surface area contributed by atoms with Crippen LogP contribution in [0, 0.1) is 12.8 Å². The van der Waals surface area contributed by atoms with Gasteiger partial charge in [0, 0.05) is 17.3 Å². The zero-order chi connectivity index (χ0) is 17.8. The van der Waals surface area contributed by atoms with Gasteiger partial charge in [-0.25, -0.2) is 0 Å². The van der Waals surface area contributed by atoms with Crippen LogP contribution >= 0.6 is 0 Å². The van der Waals surface area contributed by atoms with Crippen LogP contribution in [0.5, 0.6) is 0 Å². The molecule has 5 heteroatoms. The van der Waals surface area contributed by atoms with Crippen molar-refractivity contribution in [3.05, 3.63) is 23.8 Å². The Morgan fingerprint density at radius 1 is 1.04 bits per heavy atom. The largest absolute Gasteiger partial charge is 0.326 e. The molecule has 25 heavy (non-hydrogen) atoms. The van der Waals surface area contributed by atoms with E-state index in [9.17, 15) is 9.59 Å². The summed E-state index contributed by atoms with van der Waals surface area (Å²) in [6, 6.07) is 5.56. The fourth-order valence-corrected chi connectivity index (χ4v) is 3.86. The average Bonchev–Trinajstić information content (AvgIpc) is 3.31. The number of hydrogen-bond acceptors (Lipinski definition) is 3. The minimum Gasteiger partial charge on any atom is -0.326 e. The Bertz CT molecular complexity index is 632. The minimum absolute atomic E-state index is 0.0178. The molecule has 1 aromatic carbocycles. The zero-order valence-electron chi connectivity index (χ0n) is 15.3. The molecule has 2 N–H and O–H groups in total. The summed E-state index contributed by atoms with van der Waals surface area (Å²) >= 11 is 0. The van der Waals surface area contributed by atoms with E-state index in [2.05, 4.69) is 15.5 Å². The zero-order valence-corrected chi connectivity index (χ0v) is 15.3. The highest BCUT2D eigenvalue weighted by atomic mass is 16.2. The number of carbonyl (C=O) groups excluding carboxylic acids is 2. The van der Waals surface area contributed by atoms with Crippen LogP contribution in [0.1, 0.15) is 51.0 Å². The lowest BCUT2D eigenvalue weighted by atomic mass is 10.1. The first-order valence-electron chi connectivity index (χ1n) is 9.51. The minimum atomic E-state index is -0.126. The normalized spacial score (nSPS) is 19.8. The summed E-state index contributed by atoms with van der Waals surface area (Å²) in [6.07, 6.45) is 6.57. The van der Waals surface area contributed by atoms with Gasteiger partial charge >= 0.3 is 0 Å². The Balaban J connectivity index is 1.65. The van der Waals surface area contributed by atoms with Crippen LogP contribution in [-0.4, -0.2) is 35.8 Å². The molecule has 1 unspecified atom stereocenters. The summed E-state index contributed by atoms with van der Waals surface area (Å²) in [5.41, 5.74) is 2.49. The summed E-state index contributed by atoms with van der Waals surface area (Å²) in [6.45, 7) is 5.89. The fourth-order valence-electron chi connectivity index (χ4n) is 3.86. The molecule has 1 saturated heterocycles. The van der Waals surface area contributed by atoms with Gasteiger partial charge in [-0.2, -0.15) is 0 Å². The molecule has 0 bridgehead atoms. The summed E-state index contributed by atoms with van der Waals surface area (Å²) < 4.78 is 0. The van der Waals surface area contributed by atoms with E-state index >= 15 is 0 Å². The number of nitrogens with one attached hydrogen (secondary N) is 2. The van der Waals surface area contributed by atoms with Gasteiger partial charge in [0.1, 0.15) is 0 Å². The van der Waals surface area contributed by atoms with Crippen LogP contribution in [0.2, 0.25) is 0 Å². The van der Waals surface area contributed by atoms with E-state index in [1.54, 1.807) is 0 Å². The van der Waals surface area contributed by atoms with Crippen LogP contribution in [0.4, 0.5) is 11.4 Å². The van der Waals surface area contributed by atoms with Crippen molar-refractivity contribution in [1.82, 2.24) is 4.90 Å². The van der Waals surface area contributed by atoms with E-state index < -0.39 is 0 Å². The monoisotopic (exact) mass is 343 g/mol. The molecule has 0 spiro atoms. The second kappa shape index (κ2) is 8.00. The van der Waals surface area contributed by atoms with Crippen molar-refractivity contribution in [2.24, 2.45) is 5.92 Å². The Hall–Kier alpha value is -1.88. The molecule has 1 aliphatic carbocycles. The molecule has 2 amide bonds. The van der Waals surface area contributed by atoms with Gasteiger partial charge < -0.3 is 10.6 Å². The van der Waals surface area contributed by atoms with Gasteiger partial charge in [-0.15, -0.1) is 0 Å². The first-order valence-corrected chi connectivity index (χ1v) is 9.51. The van der Waals surface area contributed by atoms with Crippen LogP contribution in [0.3, 0.4) is 0 Å². The van der Waals surface area contributed by atoms with Gasteiger partial charge in [0.25, 0.3) is 0 Å². The molecule has 0 radical (unpaired) electrons. The van der Waals surface area contributed by atoms with E-state index in [0.717, 1.165) is 55.7 Å². The molecule has 1 heterocycles. The molecule has 1 saturated carbocycles. The summed E-state index contributed by atoms with van der Waals surface area (Å²) in [5.74, 6) is 0.256. The molecular weight excluding hydrogens is 314 g/mol. The molecule has 1 aliphatic heterocycles. The Morgan fingerprint density at radius 3 is 2.28 bits per heavy atom. The summed E-state index contributed by atoms with van der Waals surface area (Å²) in [7, 11) is 0. The second-order valence-corrected chi connectivity index (χ2v) is 7.36. The van der Waals surface area contributed by atoms with Gasteiger partial charge in [-0.1, -0.05) is 18.9 Å². The molecule has 0 aromatic heterocycles. The van der Waals surface area contributed by atoms with Crippen molar-refractivity contribution < 1.29 is 9.59 Å². The summed E-state index contributed by atoms with van der Waals surface area (Å²) in [5, 5.41) is 6.09. The number of rotatable bonds is 5. The molecule has 3 rings (SSSR count). The molecule has 2 fully saturated rings. The lowest BCUT2D eigenvalue weighted by molar-refractivity contribution is -0.120. The first kappa shape index (κ1) is 17.9. The molecule has 5 nitrogen and oxygen atoms in total. The quantitative estimate of drug-likeness (QED) is 0.859. The van der Waals surface area contributed by atoms with E-state index in [1.165, 1.54) is 12.8 Å². The number of likely N-dealkylation sites (tertiary alicyclic amines) is 1. The van der Waals surface area contributed by atoms with Crippen LogP contribution in [-0.2, 0) is 9.59 Å². The van der Waals surface area contributed by atoms with Crippen molar-refractivity contribution >= 4 is 23.2 Å². The standard InChI is InChI=1S/C20H29N3O2/c1-14-17(21-19(24)15(2)23-12-5-6-13-23)10-7-11-18(14)22-20(25)16-8-3-4-9-16/h7,10-11,15-16H,3-6,8-9,12-13H2,1-2H3,(H,21,24)(H,22,25). The third-order valence-corrected chi connectivity index (χ3v) is 5.64. The molecule has 1 atom stereocenters. The number of nitrogens with zero attached hydrogens (tertiary/aromatic N) is 1. The van der Waals surface area contributed by atoms with Crippen molar-refractivity contribution in [2.45, 2.75) is 58.4 Å². The Morgan fingerprint density at radius 2 is 1.64 bits per heavy atom. The smallest absolute Gasteiger partial charge is 0.241 e. The third kappa shape index (κ3) is 4.21. The predicted octanol–water partition coefficient (Wildman–Crippen LogP) is 3.55. The fraction of sp³-hybridized carbons (Fsp3) is 0.600. The predicted molar refractivity (Wildman–Crippen MR) is 101 cm³/mol. The molecule has 2 aliphatic rings. The number of hydrogen-bond donors (Lipinski definition) is 2. The van der Waals surface area contributed by atoms with Crippen molar-refractivity contribution in [2.75, 3.05) is 23.7 Å². The van der Waals surface area contributed by atoms with Crippen molar-refractivity contribution in [3.63, 3.8) is 0 Å². The van der Waals surface area contributed by atoms with Crippen LogP contribution < -0.4 is 10.6 Å². The third-order valence-electron chi connectivity index (χ3n) is 5.64. The first-order chi connectivity index (χ1) is 12.1. The van der Waals surface area contributed by atoms with Crippen LogP contribution in [0.15, 0.2) is 18.2 Å². The highest BCUT2D eigenvalue weighted by Gasteiger charge is 2.25.